The van der Waals surface area contributed by atoms with Gasteiger partial charge in [0.25, 0.3) is 5.91 Å². The highest BCUT2D eigenvalue weighted by molar-refractivity contribution is 5.99. The van der Waals surface area contributed by atoms with E-state index in [-0.39, 0.29) is 5.91 Å². The molecule has 2 fully saturated rings. The number of ether oxygens (including phenoxy) is 1. The Morgan fingerprint density at radius 2 is 1.60 bits per heavy atom. The lowest BCUT2D eigenvalue weighted by atomic mass is 10.0. The van der Waals surface area contributed by atoms with Gasteiger partial charge in [-0.25, -0.2) is 0 Å². The van der Waals surface area contributed by atoms with Gasteiger partial charge in [-0.3, -0.25) is 4.79 Å². The predicted molar refractivity (Wildman–Crippen MR) is 98.1 cm³/mol. The van der Waals surface area contributed by atoms with E-state index in [9.17, 15) is 4.79 Å². The Morgan fingerprint density at radius 3 is 2.32 bits per heavy atom. The number of morpholine rings is 1. The van der Waals surface area contributed by atoms with Gasteiger partial charge in [-0.05, 0) is 37.1 Å². The summed E-state index contributed by atoms with van der Waals surface area (Å²) in [6, 6.07) is 12.6. The minimum Gasteiger partial charge on any atom is -0.378 e. The molecule has 0 radical (unpaired) electrons. The number of nitrogens with zero attached hydrogens (tertiary/aromatic N) is 3. The minimum absolute atomic E-state index is 0.160. The molecular weight excluding hydrogens is 314 g/mol. The van der Waals surface area contributed by atoms with Gasteiger partial charge in [0.15, 0.2) is 0 Å². The topological polar surface area (TPSA) is 37.7 Å². The van der Waals surface area contributed by atoms with Crippen LogP contribution in [0.4, 0.5) is 5.69 Å². The van der Waals surface area contributed by atoms with E-state index in [1.54, 1.807) is 0 Å². The van der Waals surface area contributed by atoms with Crippen LogP contribution >= 0.6 is 0 Å². The minimum atomic E-state index is 0.160. The van der Waals surface area contributed by atoms with Crippen molar-refractivity contribution in [3.05, 3.63) is 54.4 Å². The molecule has 1 amide bonds. The molecule has 2 aliphatic rings. The zero-order chi connectivity index (χ0) is 17.1. The summed E-state index contributed by atoms with van der Waals surface area (Å²) in [6.45, 7) is 4.79. The molecule has 132 valence electrons. The van der Waals surface area contributed by atoms with Crippen LogP contribution in [-0.2, 0) is 4.74 Å². The number of amides is 1. The molecule has 0 spiro atoms. The summed E-state index contributed by atoms with van der Waals surface area (Å²) in [6.07, 6.45) is 6.27. The van der Waals surface area contributed by atoms with Crippen molar-refractivity contribution in [1.29, 1.82) is 0 Å². The molecule has 0 aliphatic carbocycles. The molecule has 5 heteroatoms. The number of para-hydroxylation sites is 1. The van der Waals surface area contributed by atoms with E-state index >= 15 is 0 Å². The molecule has 4 rings (SSSR count). The van der Waals surface area contributed by atoms with E-state index in [4.69, 9.17) is 4.74 Å². The molecule has 0 saturated carbocycles. The van der Waals surface area contributed by atoms with Gasteiger partial charge >= 0.3 is 0 Å². The number of carbonyl (C=O) groups is 1. The van der Waals surface area contributed by atoms with Crippen molar-refractivity contribution < 1.29 is 9.53 Å². The highest BCUT2D eigenvalue weighted by Gasteiger charge is 2.26. The molecule has 2 aliphatic heterocycles. The van der Waals surface area contributed by atoms with Crippen molar-refractivity contribution in [1.82, 2.24) is 9.47 Å². The van der Waals surface area contributed by atoms with E-state index in [0.717, 1.165) is 63.5 Å². The number of benzene rings is 1. The van der Waals surface area contributed by atoms with Gasteiger partial charge in [0, 0.05) is 50.3 Å². The average Bonchev–Trinajstić information content (AvgIpc) is 3.23. The van der Waals surface area contributed by atoms with Crippen LogP contribution < -0.4 is 4.90 Å². The largest absolute Gasteiger partial charge is 0.378 e. The third-order valence-electron chi connectivity index (χ3n) is 5.29. The van der Waals surface area contributed by atoms with Crippen LogP contribution in [0.1, 0.15) is 29.2 Å². The van der Waals surface area contributed by atoms with Crippen molar-refractivity contribution in [3.8, 4) is 0 Å². The Balaban J connectivity index is 1.46. The fourth-order valence-corrected chi connectivity index (χ4v) is 3.86. The summed E-state index contributed by atoms with van der Waals surface area (Å²) in [5.41, 5.74) is 1.87. The number of aromatic nitrogens is 1. The first-order valence-electron chi connectivity index (χ1n) is 9.16. The summed E-state index contributed by atoms with van der Waals surface area (Å²) in [5, 5.41) is 0. The van der Waals surface area contributed by atoms with E-state index < -0.39 is 0 Å². The van der Waals surface area contributed by atoms with Gasteiger partial charge in [0.2, 0.25) is 0 Å². The van der Waals surface area contributed by atoms with Crippen LogP contribution in [0.2, 0.25) is 0 Å². The standard InChI is InChI=1S/C20H25N3O2/c24-20(23-11-7-17(8-12-23)21-9-3-4-10-21)18-5-1-2-6-19(18)22-13-15-25-16-14-22/h1-6,9-10,17H,7-8,11-16H2. The molecule has 25 heavy (non-hydrogen) atoms. The van der Waals surface area contributed by atoms with Crippen LogP contribution in [0.5, 0.6) is 0 Å². The first-order valence-corrected chi connectivity index (χ1v) is 9.16. The molecule has 5 nitrogen and oxygen atoms in total. The van der Waals surface area contributed by atoms with Crippen molar-refractivity contribution in [3.63, 3.8) is 0 Å². The van der Waals surface area contributed by atoms with Crippen LogP contribution in [0.25, 0.3) is 0 Å². The van der Waals surface area contributed by atoms with E-state index in [2.05, 4.69) is 40.1 Å². The molecular formula is C20H25N3O2. The third kappa shape index (κ3) is 3.42. The summed E-state index contributed by atoms with van der Waals surface area (Å²) < 4.78 is 7.71. The lowest BCUT2D eigenvalue weighted by Gasteiger charge is -2.35. The maximum atomic E-state index is 13.1. The monoisotopic (exact) mass is 339 g/mol. The number of likely N-dealkylation sites (tertiary alicyclic amines) is 1. The molecule has 1 aromatic heterocycles. The third-order valence-corrected chi connectivity index (χ3v) is 5.29. The van der Waals surface area contributed by atoms with Gasteiger partial charge in [0.1, 0.15) is 0 Å². The molecule has 2 saturated heterocycles. The van der Waals surface area contributed by atoms with Crippen LogP contribution in [0.3, 0.4) is 0 Å². The van der Waals surface area contributed by atoms with Crippen LogP contribution in [0.15, 0.2) is 48.8 Å². The number of rotatable bonds is 3. The normalized spacial score (nSPS) is 19.2. The molecule has 0 unspecified atom stereocenters. The lowest BCUT2D eigenvalue weighted by Crippen LogP contribution is -2.41. The summed E-state index contributed by atoms with van der Waals surface area (Å²) in [4.78, 5) is 17.4. The van der Waals surface area contributed by atoms with Gasteiger partial charge in [0.05, 0.1) is 18.8 Å². The van der Waals surface area contributed by atoms with Gasteiger partial charge in [-0.1, -0.05) is 12.1 Å². The summed E-state index contributed by atoms with van der Waals surface area (Å²) in [5.74, 6) is 0.160. The van der Waals surface area contributed by atoms with E-state index in [1.165, 1.54) is 0 Å². The molecule has 0 atom stereocenters. The molecule has 0 bridgehead atoms. The Labute approximate surface area is 148 Å². The Morgan fingerprint density at radius 1 is 0.920 bits per heavy atom. The maximum absolute atomic E-state index is 13.1. The van der Waals surface area contributed by atoms with Gasteiger partial charge < -0.3 is 19.1 Å². The quantitative estimate of drug-likeness (QED) is 0.863. The number of hydrogen-bond acceptors (Lipinski definition) is 3. The first-order chi connectivity index (χ1) is 12.3. The smallest absolute Gasteiger partial charge is 0.255 e. The number of hydrogen-bond donors (Lipinski definition) is 0. The predicted octanol–water partition coefficient (Wildman–Crippen LogP) is 2.80. The number of anilines is 1. The highest BCUT2D eigenvalue weighted by Crippen LogP contribution is 2.27. The van der Waals surface area contributed by atoms with Crippen LogP contribution in [-0.4, -0.2) is 54.8 Å². The van der Waals surface area contributed by atoms with Crippen LogP contribution in [0, 0.1) is 0 Å². The van der Waals surface area contributed by atoms with E-state index in [0.29, 0.717) is 6.04 Å². The Kier molecular flexibility index (Phi) is 4.74. The number of carbonyl (C=O) groups excluding carboxylic acids is 1. The zero-order valence-electron chi connectivity index (χ0n) is 14.5. The average molecular weight is 339 g/mol. The van der Waals surface area contributed by atoms with Crippen molar-refractivity contribution in [2.24, 2.45) is 0 Å². The van der Waals surface area contributed by atoms with Crippen molar-refractivity contribution in [2.45, 2.75) is 18.9 Å². The zero-order valence-corrected chi connectivity index (χ0v) is 14.5. The fourth-order valence-electron chi connectivity index (χ4n) is 3.86. The molecule has 3 heterocycles. The summed E-state index contributed by atoms with van der Waals surface area (Å²) in [7, 11) is 0. The Bertz CT molecular complexity index is 699. The summed E-state index contributed by atoms with van der Waals surface area (Å²) >= 11 is 0. The fraction of sp³-hybridized carbons (Fsp3) is 0.450. The maximum Gasteiger partial charge on any atom is 0.255 e. The molecule has 0 N–H and O–H groups in total. The second-order valence-corrected chi connectivity index (χ2v) is 6.77. The van der Waals surface area contributed by atoms with E-state index in [1.807, 2.05) is 23.1 Å². The Hall–Kier alpha value is -2.27. The second-order valence-electron chi connectivity index (χ2n) is 6.77. The van der Waals surface area contributed by atoms with Gasteiger partial charge in [-0.15, -0.1) is 0 Å². The molecule has 2 aromatic rings. The second kappa shape index (κ2) is 7.31. The van der Waals surface area contributed by atoms with Gasteiger partial charge in [-0.2, -0.15) is 0 Å². The number of piperidine rings is 1. The molecule has 1 aromatic carbocycles. The lowest BCUT2D eigenvalue weighted by molar-refractivity contribution is 0.0694. The SMILES string of the molecule is O=C(c1ccccc1N1CCOCC1)N1CCC(n2cccc2)CC1. The van der Waals surface area contributed by atoms with Crippen molar-refractivity contribution >= 4 is 11.6 Å². The van der Waals surface area contributed by atoms with Crippen molar-refractivity contribution in [2.75, 3.05) is 44.3 Å². The highest BCUT2D eigenvalue weighted by atomic mass is 16.5. The first kappa shape index (κ1) is 16.2.